The molecule has 2 heterocycles. The van der Waals surface area contributed by atoms with Crippen LogP contribution in [-0.4, -0.2) is 40.6 Å². The zero-order valence-electron chi connectivity index (χ0n) is 16.4. The van der Waals surface area contributed by atoms with Crippen LogP contribution in [0.4, 0.5) is 0 Å². The van der Waals surface area contributed by atoms with Gasteiger partial charge in [-0.15, -0.1) is 16.9 Å². The summed E-state index contributed by atoms with van der Waals surface area (Å²) in [6.07, 6.45) is -0.686. The Hall–Kier alpha value is -3.13. The van der Waals surface area contributed by atoms with Gasteiger partial charge in [-0.25, -0.2) is 0 Å². The molecule has 0 aliphatic carbocycles. The molecule has 2 atom stereocenters. The smallest absolute Gasteiger partial charge is 0.316 e. The maximum Gasteiger partial charge on any atom is 0.316 e. The number of thioether (sulfide) groups is 1. The summed E-state index contributed by atoms with van der Waals surface area (Å²) < 4.78 is 5.34. The number of aliphatic carboxylic acids is 1. The third-order valence-corrected chi connectivity index (χ3v) is 6.41. The lowest BCUT2D eigenvalue weighted by Gasteiger charge is -2.26. The number of amidine groups is 1. The number of amides is 1. The summed E-state index contributed by atoms with van der Waals surface area (Å²) in [6, 6.07) is 16.3. The Kier molecular flexibility index (Phi) is 5.85. The van der Waals surface area contributed by atoms with E-state index in [9.17, 15) is 9.59 Å². The van der Waals surface area contributed by atoms with Crippen LogP contribution in [0, 0.1) is 12.8 Å². The Morgan fingerprint density at radius 3 is 2.77 bits per heavy atom. The van der Waals surface area contributed by atoms with Crippen molar-refractivity contribution in [2.45, 2.75) is 30.8 Å². The van der Waals surface area contributed by atoms with Crippen molar-refractivity contribution in [1.82, 2.24) is 5.32 Å². The molecule has 7 nitrogen and oxygen atoms in total. The summed E-state index contributed by atoms with van der Waals surface area (Å²) in [4.78, 5) is 23.9. The van der Waals surface area contributed by atoms with Gasteiger partial charge < -0.3 is 9.84 Å². The molecule has 2 aromatic rings. The largest absolute Gasteiger partial charge is 0.481 e. The van der Waals surface area contributed by atoms with Gasteiger partial charge in [0.2, 0.25) is 0 Å². The molecule has 1 amide bonds. The highest BCUT2D eigenvalue weighted by Gasteiger charge is 2.33. The topological polar surface area (TPSA) is 100 Å². The van der Waals surface area contributed by atoms with Crippen molar-refractivity contribution in [2.75, 3.05) is 5.75 Å². The average Bonchev–Trinajstić information content (AvgIpc) is 3.06. The number of nitrogens with zero attached hydrogens (tertiary/aromatic N) is 2. The number of carboxylic acid groups (broad SMARTS) is 1. The molecule has 2 aliphatic heterocycles. The van der Waals surface area contributed by atoms with Crippen LogP contribution in [0.15, 0.2) is 63.6 Å². The Labute approximate surface area is 178 Å². The Bertz CT molecular complexity index is 1040. The normalized spacial score (nSPS) is 23.2. The third-order valence-electron chi connectivity index (χ3n) is 5.01. The van der Waals surface area contributed by atoms with Crippen molar-refractivity contribution >= 4 is 35.4 Å². The second kappa shape index (κ2) is 8.71. The van der Waals surface area contributed by atoms with Crippen LogP contribution >= 0.6 is 11.8 Å². The Morgan fingerprint density at radius 1 is 1.20 bits per heavy atom. The van der Waals surface area contributed by atoms with Crippen molar-refractivity contribution < 1.29 is 19.4 Å². The molecule has 2 aliphatic rings. The number of rotatable bonds is 5. The molecule has 154 valence electrons. The van der Waals surface area contributed by atoms with E-state index in [1.54, 1.807) is 0 Å². The van der Waals surface area contributed by atoms with Gasteiger partial charge in [0, 0.05) is 22.1 Å². The van der Waals surface area contributed by atoms with Crippen LogP contribution < -0.4 is 5.32 Å². The van der Waals surface area contributed by atoms with Gasteiger partial charge in [-0.1, -0.05) is 53.6 Å². The van der Waals surface area contributed by atoms with Gasteiger partial charge in [-0.3, -0.25) is 14.9 Å². The van der Waals surface area contributed by atoms with Gasteiger partial charge in [-0.05, 0) is 24.5 Å². The quantitative estimate of drug-likeness (QED) is 0.720. The van der Waals surface area contributed by atoms with E-state index in [0.717, 1.165) is 23.4 Å². The molecule has 8 heteroatoms. The van der Waals surface area contributed by atoms with Crippen molar-refractivity contribution in [3.05, 3.63) is 65.2 Å². The first-order chi connectivity index (χ1) is 14.5. The molecule has 0 spiro atoms. The van der Waals surface area contributed by atoms with Crippen LogP contribution in [0.2, 0.25) is 0 Å². The number of hydrogen-bond donors (Lipinski definition) is 2. The number of carboxylic acids is 1. The molecule has 4 rings (SSSR count). The number of aryl methyl sites for hydroxylation is 1. The lowest BCUT2D eigenvalue weighted by atomic mass is 9.91. The van der Waals surface area contributed by atoms with Gasteiger partial charge in [0.25, 0.3) is 5.91 Å². The second-order valence-electron chi connectivity index (χ2n) is 7.23. The second-order valence-corrected chi connectivity index (χ2v) is 8.26. The number of carbonyl (C=O) groups is 2. The molecule has 0 saturated carbocycles. The fourth-order valence-corrected chi connectivity index (χ4v) is 4.83. The van der Waals surface area contributed by atoms with Crippen LogP contribution in [0.25, 0.3) is 0 Å². The van der Waals surface area contributed by atoms with Crippen LogP contribution in [0.1, 0.15) is 23.1 Å². The molecule has 30 heavy (non-hydrogen) atoms. The van der Waals surface area contributed by atoms with E-state index in [0.29, 0.717) is 0 Å². The number of benzene rings is 2. The molecule has 0 bridgehead atoms. The van der Waals surface area contributed by atoms with E-state index in [1.807, 2.05) is 42.1 Å². The van der Waals surface area contributed by atoms with Crippen LogP contribution in [-0.2, 0) is 20.7 Å². The van der Waals surface area contributed by atoms with Crippen LogP contribution in [0.3, 0.4) is 0 Å². The Balaban J connectivity index is 1.65. The third kappa shape index (κ3) is 4.38. The minimum atomic E-state index is -1.11. The molecule has 2 unspecified atom stereocenters. The molecule has 1 saturated heterocycles. The first kappa shape index (κ1) is 20.2. The monoisotopic (exact) mass is 423 g/mol. The first-order valence-electron chi connectivity index (χ1n) is 9.63. The number of ether oxygens (including phenoxy) is 1. The highest BCUT2D eigenvalue weighted by molar-refractivity contribution is 7.99. The van der Waals surface area contributed by atoms with Gasteiger partial charge in [-0.2, -0.15) is 0 Å². The standard InChI is InChI=1S/C22H21N3O4S/c1-13-6-5-9-16-19(24-25-22-23-21(28)17(29-22)11-18(26)27)15(12-30-20(13)16)10-14-7-3-2-4-8-14/h2-9,15,17H,10-12H2,1H3,(H,26,27)(H,23,25,28)/b24-19-. The summed E-state index contributed by atoms with van der Waals surface area (Å²) in [6.45, 7) is 2.07. The zero-order valence-corrected chi connectivity index (χ0v) is 17.2. The van der Waals surface area contributed by atoms with E-state index in [4.69, 9.17) is 9.84 Å². The minimum Gasteiger partial charge on any atom is -0.481 e. The Morgan fingerprint density at radius 2 is 2.00 bits per heavy atom. The van der Waals surface area contributed by atoms with E-state index in [-0.39, 0.29) is 11.9 Å². The predicted octanol–water partition coefficient (Wildman–Crippen LogP) is 3.01. The number of carbonyl (C=O) groups excluding carboxylic acids is 1. The van der Waals surface area contributed by atoms with Gasteiger partial charge in [0.05, 0.1) is 12.1 Å². The molecule has 1 fully saturated rings. The molecular weight excluding hydrogens is 402 g/mol. The highest BCUT2D eigenvalue weighted by atomic mass is 32.2. The van der Waals surface area contributed by atoms with Crippen molar-refractivity contribution in [1.29, 1.82) is 0 Å². The minimum absolute atomic E-state index is 0.0651. The van der Waals surface area contributed by atoms with Crippen LogP contribution in [0.5, 0.6) is 0 Å². The lowest BCUT2D eigenvalue weighted by Crippen LogP contribution is -2.27. The summed E-state index contributed by atoms with van der Waals surface area (Å²) in [5.74, 6) is -0.624. The van der Waals surface area contributed by atoms with Gasteiger partial charge in [0.1, 0.15) is 0 Å². The number of nitrogens with one attached hydrogen (secondary N) is 1. The van der Waals surface area contributed by atoms with Crippen molar-refractivity contribution in [2.24, 2.45) is 16.1 Å². The van der Waals surface area contributed by atoms with Gasteiger partial charge >= 0.3 is 12.0 Å². The SMILES string of the molecule is Cc1cccc2c1SCC(Cc1ccccc1)/C2=N/N=C1/NC(=O)C(CC(=O)O)O1. The highest BCUT2D eigenvalue weighted by Crippen LogP contribution is 2.37. The van der Waals surface area contributed by atoms with E-state index >= 15 is 0 Å². The lowest BCUT2D eigenvalue weighted by molar-refractivity contribution is -0.141. The molecule has 2 aromatic carbocycles. The van der Waals surface area contributed by atoms with E-state index in [2.05, 4.69) is 40.6 Å². The summed E-state index contributed by atoms with van der Waals surface area (Å²) in [5, 5.41) is 20.0. The molecule has 2 N–H and O–H groups in total. The summed E-state index contributed by atoms with van der Waals surface area (Å²) in [5.41, 5.74) is 4.26. The molecule has 0 radical (unpaired) electrons. The zero-order chi connectivity index (χ0) is 21.1. The van der Waals surface area contributed by atoms with Gasteiger partial charge in [0.15, 0.2) is 6.10 Å². The number of fused-ring (bicyclic) bond motifs is 1. The van der Waals surface area contributed by atoms with E-state index < -0.39 is 24.4 Å². The maximum atomic E-state index is 11.9. The maximum absolute atomic E-state index is 11.9. The summed E-state index contributed by atoms with van der Waals surface area (Å²) >= 11 is 1.82. The molecular formula is C22H21N3O4S. The average molecular weight is 423 g/mol. The molecule has 0 aromatic heterocycles. The first-order valence-corrected chi connectivity index (χ1v) is 10.6. The fraction of sp³-hybridized carbons (Fsp3) is 0.273. The van der Waals surface area contributed by atoms with Crippen molar-refractivity contribution in [3.63, 3.8) is 0 Å². The predicted molar refractivity (Wildman–Crippen MR) is 115 cm³/mol. The van der Waals surface area contributed by atoms with Crippen molar-refractivity contribution in [3.8, 4) is 0 Å². The van der Waals surface area contributed by atoms with E-state index in [1.165, 1.54) is 16.0 Å². The summed E-state index contributed by atoms with van der Waals surface area (Å²) in [7, 11) is 0. The number of hydrogen-bond acceptors (Lipinski definition) is 6. The fourth-order valence-electron chi connectivity index (χ4n) is 3.56.